The second kappa shape index (κ2) is 9.92. The predicted octanol–water partition coefficient (Wildman–Crippen LogP) is 5.35. The largest absolute Gasteiger partial charge is 0.485 e. The van der Waals surface area contributed by atoms with Gasteiger partial charge in [0.1, 0.15) is 12.4 Å². The molecule has 0 saturated heterocycles. The number of ketones is 1. The van der Waals surface area contributed by atoms with Crippen LogP contribution in [-0.4, -0.2) is 22.7 Å². The van der Waals surface area contributed by atoms with Crippen LogP contribution in [0.2, 0.25) is 0 Å². The zero-order valence-corrected chi connectivity index (χ0v) is 18.0. The number of hydrogen-bond donors (Lipinski definition) is 0. The number of nitrogens with zero attached hydrogens (tertiary/aromatic N) is 2. The molecule has 0 atom stereocenters. The quantitative estimate of drug-likeness (QED) is 0.274. The molecule has 1 aromatic heterocycles. The van der Waals surface area contributed by atoms with E-state index in [-0.39, 0.29) is 12.4 Å². The number of aromatic nitrogens is 1. The van der Waals surface area contributed by atoms with E-state index in [0.717, 1.165) is 16.8 Å². The molecule has 0 fully saturated rings. The third-order valence-corrected chi connectivity index (χ3v) is 4.95. The van der Waals surface area contributed by atoms with E-state index in [9.17, 15) is 4.79 Å². The van der Waals surface area contributed by atoms with Crippen LogP contribution in [0.25, 0.3) is 0 Å². The zero-order valence-electron chi connectivity index (χ0n) is 18.0. The van der Waals surface area contributed by atoms with E-state index in [1.165, 1.54) is 5.56 Å². The molecule has 0 aliphatic rings. The Morgan fingerprint density at radius 2 is 1.73 bits per heavy atom. The van der Waals surface area contributed by atoms with Crippen LogP contribution in [-0.2, 0) is 18.5 Å². The number of rotatable bonds is 9. The van der Waals surface area contributed by atoms with Gasteiger partial charge in [0, 0.05) is 13.2 Å². The lowest BCUT2D eigenvalue weighted by Gasteiger charge is -2.08. The predicted molar refractivity (Wildman–Crippen MR) is 119 cm³/mol. The minimum absolute atomic E-state index is 0.00296. The molecule has 0 radical (unpaired) electrons. The number of hydrogen-bond acceptors (Lipinski definition) is 4. The van der Waals surface area contributed by atoms with Gasteiger partial charge in [-0.3, -0.25) is 4.79 Å². The van der Waals surface area contributed by atoms with Gasteiger partial charge in [-0.1, -0.05) is 43.3 Å². The van der Waals surface area contributed by atoms with Gasteiger partial charge in [-0.2, -0.15) is 0 Å². The van der Waals surface area contributed by atoms with Crippen molar-refractivity contribution in [2.45, 2.75) is 33.3 Å². The number of benzene rings is 2. The first-order valence-corrected chi connectivity index (χ1v) is 10.1. The summed E-state index contributed by atoms with van der Waals surface area (Å²) in [5, 5.41) is 4.21. The standard InChI is InChI=1S/C25H28N2O3/c1-18(2)21-9-7-20(8-10-21)16-30-26-19(3)22-11-13-23(14-12-22)29-17-25(28)24-6-5-15-27(24)4/h5-15,18H,16-17H2,1-4H3/b26-19+. The second-order valence-corrected chi connectivity index (χ2v) is 7.59. The normalized spacial score (nSPS) is 11.6. The minimum Gasteiger partial charge on any atom is -0.485 e. The maximum atomic E-state index is 12.2. The summed E-state index contributed by atoms with van der Waals surface area (Å²) >= 11 is 0. The van der Waals surface area contributed by atoms with E-state index >= 15 is 0 Å². The molecular weight excluding hydrogens is 376 g/mol. The van der Waals surface area contributed by atoms with Crippen molar-refractivity contribution in [1.29, 1.82) is 0 Å². The molecule has 3 rings (SSSR count). The Bertz CT molecular complexity index is 1000. The highest BCUT2D eigenvalue weighted by atomic mass is 16.6. The van der Waals surface area contributed by atoms with Gasteiger partial charge < -0.3 is 14.1 Å². The lowest BCUT2D eigenvalue weighted by atomic mass is 10.0. The van der Waals surface area contributed by atoms with E-state index in [2.05, 4.69) is 43.3 Å². The summed E-state index contributed by atoms with van der Waals surface area (Å²) in [4.78, 5) is 17.7. The Hall–Kier alpha value is -3.34. The highest BCUT2D eigenvalue weighted by Gasteiger charge is 2.10. The fourth-order valence-corrected chi connectivity index (χ4v) is 3.02. The first-order valence-electron chi connectivity index (χ1n) is 10.1. The fourth-order valence-electron chi connectivity index (χ4n) is 3.02. The summed E-state index contributed by atoms with van der Waals surface area (Å²) in [5.74, 6) is 1.10. The molecule has 0 bridgehead atoms. The van der Waals surface area contributed by atoms with Gasteiger partial charge >= 0.3 is 0 Å². The van der Waals surface area contributed by atoms with Crippen LogP contribution in [0.1, 0.15) is 53.9 Å². The van der Waals surface area contributed by atoms with Crippen LogP contribution in [0.5, 0.6) is 5.75 Å². The molecule has 0 unspecified atom stereocenters. The Balaban J connectivity index is 1.50. The first-order chi connectivity index (χ1) is 14.4. The fraction of sp³-hybridized carbons (Fsp3) is 0.280. The van der Waals surface area contributed by atoms with Crippen molar-refractivity contribution in [2.24, 2.45) is 12.2 Å². The summed E-state index contributed by atoms with van der Waals surface area (Å²) in [6, 6.07) is 19.5. The van der Waals surface area contributed by atoms with Gasteiger partial charge in [-0.05, 0) is 65.9 Å². The molecule has 0 N–H and O–H groups in total. The molecule has 1 heterocycles. The molecule has 0 saturated carbocycles. The van der Waals surface area contributed by atoms with Crippen molar-refractivity contribution in [3.8, 4) is 5.75 Å². The Morgan fingerprint density at radius 1 is 1.03 bits per heavy atom. The zero-order chi connectivity index (χ0) is 21.5. The van der Waals surface area contributed by atoms with Crippen molar-refractivity contribution < 1.29 is 14.4 Å². The van der Waals surface area contributed by atoms with Gasteiger partial charge in [0.15, 0.2) is 6.61 Å². The van der Waals surface area contributed by atoms with Crippen LogP contribution in [0.3, 0.4) is 0 Å². The van der Waals surface area contributed by atoms with Crippen LogP contribution in [0.15, 0.2) is 72.0 Å². The van der Waals surface area contributed by atoms with E-state index < -0.39 is 0 Å². The topological polar surface area (TPSA) is 52.8 Å². The summed E-state index contributed by atoms with van der Waals surface area (Å²) in [5.41, 5.74) is 4.74. The monoisotopic (exact) mass is 404 g/mol. The summed E-state index contributed by atoms with van der Waals surface area (Å²) in [6.07, 6.45) is 1.84. The van der Waals surface area contributed by atoms with Crippen LogP contribution >= 0.6 is 0 Å². The highest BCUT2D eigenvalue weighted by Crippen LogP contribution is 2.16. The molecule has 2 aromatic carbocycles. The van der Waals surface area contributed by atoms with Crippen LogP contribution in [0.4, 0.5) is 0 Å². The van der Waals surface area contributed by atoms with Crippen molar-refractivity contribution in [2.75, 3.05) is 6.61 Å². The molecule has 0 amide bonds. The molecule has 0 spiro atoms. The second-order valence-electron chi connectivity index (χ2n) is 7.59. The molecule has 156 valence electrons. The van der Waals surface area contributed by atoms with Gasteiger partial charge in [-0.15, -0.1) is 0 Å². The maximum absolute atomic E-state index is 12.2. The van der Waals surface area contributed by atoms with Crippen molar-refractivity contribution >= 4 is 11.5 Å². The third kappa shape index (κ3) is 5.60. The SMILES string of the molecule is C/C(=N\OCc1ccc(C(C)C)cc1)c1ccc(OCC(=O)c2cccn2C)cc1. The number of carbonyl (C=O) groups is 1. The number of Topliss-reactive ketones (excluding diaryl/α,β-unsaturated/α-hetero) is 1. The number of ether oxygens (including phenoxy) is 1. The van der Waals surface area contributed by atoms with Gasteiger partial charge in [0.25, 0.3) is 0 Å². The molecule has 0 aliphatic carbocycles. The Morgan fingerprint density at radius 3 is 2.33 bits per heavy atom. The van der Waals surface area contributed by atoms with Crippen LogP contribution in [0, 0.1) is 0 Å². The van der Waals surface area contributed by atoms with Crippen molar-refractivity contribution in [3.63, 3.8) is 0 Å². The lowest BCUT2D eigenvalue weighted by Crippen LogP contribution is -2.14. The minimum atomic E-state index is -0.0563. The molecular formula is C25H28N2O3. The summed E-state index contributed by atoms with van der Waals surface area (Å²) < 4.78 is 7.40. The van der Waals surface area contributed by atoms with Crippen LogP contribution < -0.4 is 4.74 Å². The average molecular weight is 405 g/mol. The van der Waals surface area contributed by atoms with Gasteiger partial charge in [-0.25, -0.2) is 0 Å². The third-order valence-electron chi connectivity index (χ3n) is 4.95. The Kier molecular flexibility index (Phi) is 7.07. The average Bonchev–Trinajstić information content (AvgIpc) is 3.18. The first kappa shape index (κ1) is 21.4. The van der Waals surface area contributed by atoms with E-state index in [0.29, 0.717) is 24.0 Å². The van der Waals surface area contributed by atoms with Crippen molar-refractivity contribution in [3.05, 3.63) is 89.2 Å². The molecule has 5 heteroatoms. The maximum Gasteiger partial charge on any atom is 0.216 e. The van der Waals surface area contributed by atoms with E-state index in [1.54, 1.807) is 10.6 Å². The number of oxime groups is 1. The van der Waals surface area contributed by atoms with E-state index in [4.69, 9.17) is 9.57 Å². The molecule has 30 heavy (non-hydrogen) atoms. The molecule has 0 aliphatic heterocycles. The highest BCUT2D eigenvalue weighted by molar-refractivity contribution is 5.98. The molecule has 3 aromatic rings. The number of carbonyl (C=O) groups excluding carboxylic acids is 1. The Labute approximate surface area is 177 Å². The number of aryl methyl sites for hydroxylation is 1. The smallest absolute Gasteiger partial charge is 0.216 e. The lowest BCUT2D eigenvalue weighted by molar-refractivity contribution is 0.0913. The summed E-state index contributed by atoms with van der Waals surface area (Å²) in [7, 11) is 1.84. The summed E-state index contributed by atoms with van der Waals surface area (Å²) in [6.45, 7) is 6.69. The molecule has 5 nitrogen and oxygen atoms in total. The van der Waals surface area contributed by atoms with Gasteiger partial charge in [0.2, 0.25) is 5.78 Å². The van der Waals surface area contributed by atoms with Crippen molar-refractivity contribution in [1.82, 2.24) is 4.57 Å². The van der Waals surface area contributed by atoms with E-state index in [1.807, 2.05) is 50.5 Å². The van der Waals surface area contributed by atoms with Gasteiger partial charge in [0.05, 0.1) is 11.4 Å².